The van der Waals surface area contributed by atoms with Gasteiger partial charge in [-0.25, -0.2) is 0 Å². The largest absolute Gasteiger partial charge is 0.353 e. The van der Waals surface area contributed by atoms with Gasteiger partial charge in [-0.1, -0.05) is 123 Å². The molecular formula is C35H37NO. The standard InChI is InChI=1S/C35H37NO/c1-3-5-6-8-27-10-14-29(15-11-27)31-18-22-33(23-19-31)34-24-20-32(21-25-34)30-16-12-28(13-17-30)9-7-26-36-35(37)4-2/h4,10-25H,2-3,5-9,26H2,1H3,(H,36,37). The van der Waals surface area contributed by atoms with Crippen LogP contribution in [0.1, 0.15) is 43.7 Å². The molecule has 0 spiro atoms. The van der Waals surface area contributed by atoms with Gasteiger partial charge in [-0.3, -0.25) is 4.79 Å². The van der Waals surface area contributed by atoms with E-state index in [1.807, 2.05) is 0 Å². The molecule has 4 aromatic carbocycles. The maximum Gasteiger partial charge on any atom is 0.243 e. The fourth-order valence-electron chi connectivity index (χ4n) is 4.59. The molecule has 0 saturated carbocycles. The number of benzene rings is 4. The van der Waals surface area contributed by atoms with Crippen LogP contribution >= 0.6 is 0 Å². The van der Waals surface area contributed by atoms with Gasteiger partial charge >= 0.3 is 0 Å². The fraction of sp³-hybridized carbons (Fsp3) is 0.229. The molecule has 0 aliphatic rings. The van der Waals surface area contributed by atoms with Crippen molar-refractivity contribution in [1.29, 1.82) is 0 Å². The predicted octanol–water partition coefficient (Wildman–Crippen LogP) is 8.66. The Morgan fingerprint density at radius 1 is 0.595 bits per heavy atom. The molecule has 0 aliphatic heterocycles. The lowest BCUT2D eigenvalue weighted by Gasteiger charge is -2.08. The first-order valence-electron chi connectivity index (χ1n) is 13.5. The van der Waals surface area contributed by atoms with E-state index in [1.165, 1.54) is 76.3 Å². The maximum absolute atomic E-state index is 11.2. The van der Waals surface area contributed by atoms with Gasteiger partial charge in [0.1, 0.15) is 0 Å². The topological polar surface area (TPSA) is 29.1 Å². The lowest BCUT2D eigenvalue weighted by atomic mass is 9.97. The lowest BCUT2D eigenvalue weighted by Crippen LogP contribution is -2.22. The van der Waals surface area contributed by atoms with E-state index in [0.717, 1.165) is 12.8 Å². The Morgan fingerprint density at radius 3 is 1.30 bits per heavy atom. The predicted molar refractivity (Wildman–Crippen MR) is 158 cm³/mol. The van der Waals surface area contributed by atoms with E-state index in [0.29, 0.717) is 6.54 Å². The van der Waals surface area contributed by atoms with Crippen LogP contribution in [0, 0.1) is 0 Å². The minimum absolute atomic E-state index is 0.113. The van der Waals surface area contributed by atoms with Gasteiger partial charge in [0.2, 0.25) is 5.91 Å². The SMILES string of the molecule is C=CC(=O)NCCCc1ccc(-c2ccc(-c3ccc(-c4ccc(CCCCC)cc4)cc3)cc2)cc1. The first-order chi connectivity index (χ1) is 18.2. The highest BCUT2D eigenvalue weighted by Crippen LogP contribution is 2.28. The monoisotopic (exact) mass is 487 g/mol. The van der Waals surface area contributed by atoms with Gasteiger partial charge in [0.15, 0.2) is 0 Å². The van der Waals surface area contributed by atoms with E-state index >= 15 is 0 Å². The summed E-state index contributed by atoms with van der Waals surface area (Å²) in [5.74, 6) is -0.113. The molecule has 0 atom stereocenters. The van der Waals surface area contributed by atoms with E-state index in [9.17, 15) is 4.79 Å². The Kier molecular flexibility index (Phi) is 9.48. The Morgan fingerprint density at radius 2 is 0.946 bits per heavy atom. The maximum atomic E-state index is 11.2. The van der Waals surface area contributed by atoms with Crippen molar-refractivity contribution in [2.75, 3.05) is 6.54 Å². The van der Waals surface area contributed by atoms with Gasteiger partial charge in [0, 0.05) is 6.54 Å². The van der Waals surface area contributed by atoms with Crippen molar-refractivity contribution in [3.8, 4) is 33.4 Å². The molecule has 0 heterocycles. The molecule has 0 fully saturated rings. The minimum Gasteiger partial charge on any atom is -0.353 e. The first-order valence-corrected chi connectivity index (χ1v) is 13.5. The van der Waals surface area contributed by atoms with Crippen LogP contribution in [0.4, 0.5) is 0 Å². The molecule has 37 heavy (non-hydrogen) atoms. The quantitative estimate of drug-likeness (QED) is 0.157. The smallest absolute Gasteiger partial charge is 0.243 e. The number of hydrogen-bond acceptors (Lipinski definition) is 1. The number of carbonyl (C=O) groups is 1. The third-order valence-corrected chi connectivity index (χ3v) is 6.87. The van der Waals surface area contributed by atoms with Crippen molar-refractivity contribution in [1.82, 2.24) is 5.32 Å². The zero-order valence-corrected chi connectivity index (χ0v) is 21.9. The van der Waals surface area contributed by atoms with Crippen LogP contribution in [-0.2, 0) is 17.6 Å². The number of hydrogen-bond donors (Lipinski definition) is 1. The van der Waals surface area contributed by atoms with Crippen molar-refractivity contribution in [3.63, 3.8) is 0 Å². The highest BCUT2D eigenvalue weighted by molar-refractivity contribution is 5.86. The Hall–Kier alpha value is -3.91. The molecule has 188 valence electrons. The van der Waals surface area contributed by atoms with Gasteiger partial charge < -0.3 is 5.32 Å². The van der Waals surface area contributed by atoms with Crippen LogP contribution in [-0.4, -0.2) is 12.5 Å². The zero-order chi connectivity index (χ0) is 25.9. The average molecular weight is 488 g/mol. The van der Waals surface area contributed by atoms with Crippen LogP contribution in [0.2, 0.25) is 0 Å². The molecule has 0 bridgehead atoms. The van der Waals surface area contributed by atoms with Gasteiger partial charge in [-0.2, -0.15) is 0 Å². The summed E-state index contributed by atoms with van der Waals surface area (Å²) in [7, 11) is 0. The molecule has 2 heteroatoms. The number of aryl methyl sites for hydroxylation is 2. The minimum atomic E-state index is -0.113. The molecule has 0 unspecified atom stereocenters. The van der Waals surface area contributed by atoms with E-state index < -0.39 is 0 Å². The average Bonchev–Trinajstić information content (AvgIpc) is 2.96. The molecule has 4 aromatic rings. The third kappa shape index (κ3) is 7.54. The normalized spacial score (nSPS) is 10.7. The molecule has 0 aromatic heterocycles. The highest BCUT2D eigenvalue weighted by Gasteiger charge is 2.04. The first kappa shape index (κ1) is 26.2. The van der Waals surface area contributed by atoms with Gasteiger partial charge in [0.05, 0.1) is 0 Å². The molecule has 0 aliphatic carbocycles. The summed E-state index contributed by atoms with van der Waals surface area (Å²) in [5, 5.41) is 2.82. The zero-order valence-electron chi connectivity index (χ0n) is 21.9. The Balaban J connectivity index is 1.34. The second kappa shape index (κ2) is 13.4. The van der Waals surface area contributed by atoms with Crippen molar-refractivity contribution in [2.45, 2.75) is 45.4 Å². The summed E-state index contributed by atoms with van der Waals surface area (Å²) in [6.07, 6.45) is 8.17. The van der Waals surface area contributed by atoms with Gasteiger partial charge in [-0.05, 0) is 76.3 Å². The van der Waals surface area contributed by atoms with Gasteiger partial charge in [0.25, 0.3) is 0 Å². The highest BCUT2D eigenvalue weighted by atomic mass is 16.1. The number of nitrogens with one attached hydrogen (secondary N) is 1. The Bertz CT molecular complexity index is 1270. The van der Waals surface area contributed by atoms with Crippen molar-refractivity contribution < 1.29 is 4.79 Å². The second-order valence-corrected chi connectivity index (χ2v) is 9.60. The van der Waals surface area contributed by atoms with E-state index in [-0.39, 0.29) is 5.91 Å². The molecule has 1 N–H and O–H groups in total. The van der Waals surface area contributed by atoms with Crippen LogP contribution in [0.25, 0.3) is 33.4 Å². The molecule has 0 radical (unpaired) electrons. The van der Waals surface area contributed by atoms with Crippen molar-refractivity contribution in [2.24, 2.45) is 0 Å². The number of rotatable bonds is 12. The number of carbonyl (C=O) groups excluding carboxylic acids is 1. The van der Waals surface area contributed by atoms with Crippen LogP contribution in [0.5, 0.6) is 0 Å². The van der Waals surface area contributed by atoms with Gasteiger partial charge in [-0.15, -0.1) is 0 Å². The molecule has 1 amide bonds. The third-order valence-electron chi connectivity index (χ3n) is 6.87. The fourth-order valence-corrected chi connectivity index (χ4v) is 4.59. The van der Waals surface area contributed by atoms with Crippen molar-refractivity contribution in [3.05, 3.63) is 121 Å². The summed E-state index contributed by atoms with van der Waals surface area (Å²) in [6, 6.07) is 35.4. The van der Waals surface area contributed by atoms with Crippen molar-refractivity contribution >= 4 is 5.91 Å². The van der Waals surface area contributed by atoms with Crippen LogP contribution < -0.4 is 5.32 Å². The molecular weight excluding hydrogens is 450 g/mol. The summed E-state index contributed by atoms with van der Waals surface area (Å²) in [6.45, 7) is 6.39. The van der Waals surface area contributed by atoms with E-state index in [2.05, 4.69) is 116 Å². The second-order valence-electron chi connectivity index (χ2n) is 9.60. The molecule has 4 rings (SSSR count). The van der Waals surface area contributed by atoms with E-state index in [4.69, 9.17) is 0 Å². The number of amides is 1. The summed E-state index contributed by atoms with van der Waals surface area (Å²) < 4.78 is 0. The van der Waals surface area contributed by atoms with E-state index in [1.54, 1.807) is 0 Å². The summed E-state index contributed by atoms with van der Waals surface area (Å²) in [5.41, 5.74) is 10.1. The summed E-state index contributed by atoms with van der Waals surface area (Å²) in [4.78, 5) is 11.2. The number of unbranched alkanes of at least 4 members (excludes halogenated alkanes) is 2. The Labute approximate surface area is 222 Å². The molecule has 2 nitrogen and oxygen atoms in total. The van der Waals surface area contributed by atoms with Crippen LogP contribution in [0.3, 0.4) is 0 Å². The molecule has 0 saturated heterocycles. The lowest BCUT2D eigenvalue weighted by molar-refractivity contribution is -0.116. The summed E-state index contributed by atoms with van der Waals surface area (Å²) >= 11 is 0. The van der Waals surface area contributed by atoms with Crippen LogP contribution in [0.15, 0.2) is 110 Å².